The summed E-state index contributed by atoms with van der Waals surface area (Å²) in [6, 6.07) is 8.35. The van der Waals surface area contributed by atoms with E-state index in [-0.39, 0.29) is 12.2 Å². The quantitative estimate of drug-likeness (QED) is 0.628. The van der Waals surface area contributed by atoms with Gasteiger partial charge in [-0.15, -0.1) is 0 Å². The fraction of sp³-hybridized carbons (Fsp3) is 0.250. The Morgan fingerprint density at radius 3 is 2.61 bits per heavy atom. The smallest absolute Gasteiger partial charge is 0.270 e. The van der Waals surface area contributed by atoms with Crippen molar-refractivity contribution in [1.29, 1.82) is 0 Å². The molecule has 0 radical (unpaired) electrons. The second-order valence-corrected chi connectivity index (χ2v) is 6.48. The summed E-state index contributed by atoms with van der Waals surface area (Å²) in [5.41, 5.74) is 1.97. The lowest BCUT2D eigenvalue weighted by Gasteiger charge is -2.14. The van der Waals surface area contributed by atoms with Gasteiger partial charge in [0.2, 0.25) is 0 Å². The maximum absolute atomic E-state index is 12.5. The first-order valence-corrected chi connectivity index (χ1v) is 8.80. The molecule has 0 aliphatic carbocycles. The van der Waals surface area contributed by atoms with Gasteiger partial charge in [-0.1, -0.05) is 24.3 Å². The van der Waals surface area contributed by atoms with E-state index in [1.165, 1.54) is 0 Å². The number of nitrogens with one attached hydrogen (secondary N) is 2. The van der Waals surface area contributed by atoms with Crippen molar-refractivity contribution in [3.05, 3.63) is 59.2 Å². The minimum atomic E-state index is -0.870. The van der Waals surface area contributed by atoms with E-state index in [2.05, 4.69) is 20.7 Å². The molecular formula is C20H21N5O3. The lowest BCUT2D eigenvalue weighted by atomic mass is 10.1. The first-order valence-electron chi connectivity index (χ1n) is 8.80. The maximum Gasteiger partial charge on any atom is 0.270 e. The summed E-state index contributed by atoms with van der Waals surface area (Å²) in [6.45, 7) is 3.46. The number of rotatable bonds is 6. The van der Waals surface area contributed by atoms with E-state index >= 15 is 0 Å². The van der Waals surface area contributed by atoms with Crippen molar-refractivity contribution in [2.45, 2.75) is 19.9 Å². The molecule has 1 atom stereocenters. The molecule has 0 saturated carbocycles. The summed E-state index contributed by atoms with van der Waals surface area (Å²) in [4.78, 5) is 40.6. The molecule has 2 heterocycles. The van der Waals surface area contributed by atoms with Crippen LogP contribution in [-0.4, -0.2) is 45.5 Å². The topological polar surface area (TPSA) is 106 Å². The minimum absolute atomic E-state index is 0.0443. The van der Waals surface area contributed by atoms with E-state index in [1.807, 2.05) is 30.3 Å². The molecule has 3 rings (SSSR count). The SMILES string of the molecule is Cc1nn(C)c(C)c1C(=O)N[C@H](C=O)CNC(=O)c1nccc2ccccc12. The maximum atomic E-state index is 12.5. The van der Waals surface area contributed by atoms with Gasteiger partial charge in [0, 0.05) is 30.9 Å². The molecule has 0 fully saturated rings. The molecule has 0 aliphatic rings. The Morgan fingerprint density at radius 1 is 1.18 bits per heavy atom. The number of hydrogen-bond acceptors (Lipinski definition) is 5. The van der Waals surface area contributed by atoms with Crippen molar-refractivity contribution in [3.63, 3.8) is 0 Å². The van der Waals surface area contributed by atoms with Crippen LogP contribution in [0.4, 0.5) is 0 Å². The number of nitrogens with zero attached hydrogens (tertiary/aromatic N) is 3. The van der Waals surface area contributed by atoms with E-state index in [4.69, 9.17) is 0 Å². The first-order chi connectivity index (χ1) is 13.4. The number of carbonyl (C=O) groups excluding carboxylic acids is 3. The summed E-state index contributed by atoms with van der Waals surface area (Å²) in [7, 11) is 1.74. The number of benzene rings is 1. The molecule has 0 saturated heterocycles. The molecule has 0 unspecified atom stereocenters. The average molecular weight is 379 g/mol. The average Bonchev–Trinajstić information content (AvgIpc) is 2.95. The Bertz CT molecular complexity index is 1050. The lowest BCUT2D eigenvalue weighted by Crippen LogP contribution is -2.45. The molecule has 2 aromatic heterocycles. The van der Waals surface area contributed by atoms with Crippen molar-refractivity contribution >= 4 is 28.9 Å². The third-order valence-electron chi connectivity index (χ3n) is 4.59. The summed E-state index contributed by atoms with van der Waals surface area (Å²) < 4.78 is 1.61. The van der Waals surface area contributed by atoms with E-state index in [0.717, 1.165) is 10.8 Å². The molecule has 1 aromatic carbocycles. The van der Waals surface area contributed by atoms with Gasteiger partial charge in [-0.2, -0.15) is 5.10 Å². The van der Waals surface area contributed by atoms with Gasteiger partial charge >= 0.3 is 0 Å². The van der Waals surface area contributed by atoms with Crippen LogP contribution in [0.3, 0.4) is 0 Å². The van der Waals surface area contributed by atoms with Gasteiger partial charge < -0.3 is 15.4 Å². The van der Waals surface area contributed by atoms with Gasteiger partial charge in [-0.05, 0) is 25.3 Å². The largest absolute Gasteiger partial charge is 0.348 e. The Morgan fingerprint density at radius 2 is 1.93 bits per heavy atom. The third-order valence-corrected chi connectivity index (χ3v) is 4.59. The zero-order chi connectivity index (χ0) is 20.3. The molecule has 0 spiro atoms. The molecular weight excluding hydrogens is 358 g/mol. The zero-order valence-corrected chi connectivity index (χ0v) is 15.9. The second kappa shape index (κ2) is 7.99. The number of hydrogen-bond donors (Lipinski definition) is 2. The van der Waals surface area contributed by atoms with Crippen LogP contribution in [0.15, 0.2) is 36.5 Å². The van der Waals surface area contributed by atoms with Crippen molar-refractivity contribution < 1.29 is 14.4 Å². The number of pyridine rings is 1. The van der Waals surface area contributed by atoms with Crippen molar-refractivity contribution in [1.82, 2.24) is 25.4 Å². The summed E-state index contributed by atoms with van der Waals surface area (Å²) >= 11 is 0. The fourth-order valence-electron chi connectivity index (χ4n) is 3.06. The zero-order valence-electron chi connectivity index (χ0n) is 15.9. The van der Waals surface area contributed by atoms with Crippen LogP contribution in [-0.2, 0) is 11.8 Å². The monoisotopic (exact) mass is 379 g/mol. The summed E-state index contributed by atoms with van der Waals surface area (Å²) in [5, 5.41) is 11.1. The Hall–Kier alpha value is -3.55. The Balaban J connectivity index is 1.69. The van der Waals surface area contributed by atoms with Crippen LogP contribution in [0.1, 0.15) is 32.2 Å². The Labute approximate surface area is 162 Å². The highest BCUT2D eigenvalue weighted by atomic mass is 16.2. The summed E-state index contributed by atoms with van der Waals surface area (Å²) in [5.74, 6) is -0.815. The highest BCUT2D eigenvalue weighted by Crippen LogP contribution is 2.16. The predicted octanol–water partition coefficient (Wildman–Crippen LogP) is 1.31. The molecule has 8 heteroatoms. The summed E-state index contributed by atoms with van der Waals surface area (Å²) in [6.07, 6.45) is 2.15. The number of amides is 2. The first kappa shape index (κ1) is 19.2. The molecule has 3 aromatic rings. The molecule has 2 N–H and O–H groups in total. The van der Waals surface area contributed by atoms with Crippen LogP contribution in [0, 0.1) is 13.8 Å². The highest BCUT2D eigenvalue weighted by molar-refractivity contribution is 6.05. The van der Waals surface area contributed by atoms with Gasteiger partial charge in [0.25, 0.3) is 11.8 Å². The van der Waals surface area contributed by atoms with Crippen LogP contribution in [0.5, 0.6) is 0 Å². The highest BCUT2D eigenvalue weighted by Gasteiger charge is 2.21. The molecule has 0 bridgehead atoms. The van der Waals surface area contributed by atoms with Gasteiger partial charge in [0.05, 0.1) is 11.3 Å². The molecule has 2 amide bonds. The van der Waals surface area contributed by atoms with Crippen LogP contribution < -0.4 is 10.6 Å². The van der Waals surface area contributed by atoms with Crippen LogP contribution in [0.25, 0.3) is 10.8 Å². The van der Waals surface area contributed by atoms with E-state index in [0.29, 0.717) is 23.2 Å². The number of fused-ring (bicyclic) bond motifs is 1. The predicted molar refractivity (Wildman–Crippen MR) is 104 cm³/mol. The van der Waals surface area contributed by atoms with Gasteiger partial charge in [-0.3, -0.25) is 19.3 Å². The third kappa shape index (κ3) is 3.75. The van der Waals surface area contributed by atoms with Crippen LogP contribution in [0.2, 0.25) is 0 Å². The molecule has 8 nitrogen and oxygen atoms in total. The van der Waals surface area contributed by atoms with Gasteiger partial charge in [0.1, 0.15) is 18.0 Å². The van der Waals surface area contributed by atoms with Crippen molar-refractivity contribution in [2.75, 3.05) is 6.54 Å². The minimum Gasteiger partial charge on any atom is -0.348 e. The van der Waals surface area contributed by atoms with E-state index in [1.54, 1.807) is 31.8 Å². The standard InChI is InChI=1S/C20H21N5O3/c1-12-17(13(2)25(3)24-12)19(27)23-15(11-26)10-22-20(28)18-16-7-5-4-6-14(16)8-9-21-18/h4-9,11,15H,10H2,1-3H3,(H,22,28)(H,23,27)/t15-/m0/s1. The molecule has 0 aliphatic heterocycles. The van der Waals surface area contributed by atoms with Crippen LogP contribution >= 0.6 is 0 Å². The number of aldehydes is 1. The second-order valence-electron chi connectivity index (χ2n) is 6.48. The Kier molecular flexibility index (Phi) is 5.49. The fourth-order valence-corrected chi connectivity index (χ4v) is 3.06. The van der Waals surface area contributed by atoms with E-state index < -0.39 is 17.9 Å². The van der Waals surface area contributed by atoms with Crippen molar-refractivity contribution in [2.24, 2.45) is 7.05 Å². The normalized spacial score (nSPS) is 11.8. The lowest BCUT2D eigenvalue weighted by molar-refractivity contribution is -0.109. The van der Waals surface area contributed by atoms with Gasteiger partial charge in [-0.25, -0.2) is 0 Å². The van der Waals surface area contributed by atoms with E-state index in [9.17, 15) is 14.4 Å². The number of aromatic nitrogens is 3. The van der Waals surface area contributed by atoms with Crippen molar-refractivity contribution in [3.8, 4) is 0 Å². The molecule has 28 heavy (non-hydrogen) atoms. The number of carbonyl (C=O) groups is 3. The molecule has 144 valence electrons. The number of aryl methyl sites for hydroxylation is 2. The van der Waals surface area contributed by atoms with Gasteiger partial charge in [0.15, 0.2) is 0 Å².